The molecule has 0 saturated carbocycles. The Morgan fingerprint density at radius 2 is 1.94 bits per heavy atom. The summed E-state index contributed by atoms with van der Waals surface area (Å²) < 4.78 is 47.3. The summed E-state index contributed by atoms with van der Waals surface area (Å²) >= 11 is 5.78. The Bertz CT molecular complexity index is 1060. The molecule has 0 bridgehead atoms. The summed E-state index contributed by atoms with van der Waals surface area (Å²) in [5.74, 6) is -2.62. The average Bonchev–Trinajstić information content (AvgIpc) is 3.21. The second-order valence-electron chi connectivity index (χ2n) is 7.86. The minimum Gasteiger partial charge on any atom is -0.379 e. The van der Waals surface area contributed by atoms with E-state index >= 15 is 0 Å². The van der Waals surface area contributed by atoms with E-state index in [0.29, 0.717) is 23.5 Å². The third kappa shape index (κ3) is 5.14. The van der Waals surface area contributed by atoms with E-state index in [4.69, 9.17) is 16.3 Å². The zero-order valence-corrected chi connectivity index (χ0v) is 18.2. The molecule has 5 nitrogen and oxygen atoms in total. The van der Waals surface area contributed by atoms with E-state index in [1.807, 2.05) is 0 Å². The van der Waals surface area contributed by atoms with Gasteiger partial charge in [0.05, 0.1) is 23.9 Å². The van der Waals surface area contributed by atoms with Crippen LogP contribution in [0, 0.1) is 17.5 Å². The third-order valence-electron chi connectivity index (χ3n) is 5.63. The van der Waals surface area contributed by atoms with E-state index < -0.39 is 23.2 Å². The maximum absolute atomic E-state index is 14.4. The summed E-state index contributed by atoms with van der Waals surface area (Å²) in [5.41, 5.74) is 0.916. The summed E-state index contributed by atoms with van der Waals surface area (Å²) in [5, 5.41) is 2.74. The van der Waals surface area contributed by atoms with Gasteiger partial charge < -0.3 is 10.1 Å². The molecule has 0 aromatic heterocycles. The molecule has 32 heavy (non-hydrogen) atoms. The number of hydrogen-bond donors (Lipinski definition) is 1. The van der Waals surface area contributed by atoms with Crippen LogP contribution >= 0.6 is 11.6 Å². The van der Waals surface area contributed by atoms with Crippen LogP contribution in [-0.4, -0.2) is 55.9 Å². The number of amidine groups is 1. The maximum atomic E-state index is 14.4. The van der Waals surface area contributed by atoms with Crippen molar-refractivity contribution >= 4 is 28.9 Å². The van der Waals surface area contributed by atoms with Gasteiger partial charge in [-0.05, 0) is 35.7 Å². The summed E-state index contributed by atoms with van der Waals surface area (Å²) in [6.45, 7) is 4.69. The number of nitrogens with one attached hydrogen (secondary N) is 1. The average molecular weight is 466 g/mol. The van der Waals surface area contributed by atoms with E-state index in [1.54, 1.807) is 0 Å². The standard InChI is InChI=1S/C23H23ClF3N3O2/c24-17-10-14(2-3-18(17)25)11-20(31)15-12-19(26)22(27)23-16(15)13-21(29-23)28-4-1-5-30-6-8-32-9-7-30/h2-3,10,12H,1,4-9,11,13H2,(H,28,29). The zero-order valence-electron chi connectivity index (χ0n) is 17.4. The Labute approximate surface area is 189 Å². The lowest BCUT2D eigenvalue weighted by Gasteiger charge is -2.26. The van der Waals surface area contributed by atoms with E-state index in [-0.39, 0.29) is 29.1 Å². The number of carbonyl (C=O) groups excluding carboxylic acids is 1. The fourth-order valence-electron chi connectivity index (χ4n) is 3.94. The highest BCUT2D eigenvalue weighted by atomic mass is 35.5. The van der Waals surface area contributed by atoms with Gasteiger partial charge in [0.2, 0.25) is 0 Å². The largest absolute Gasteiger partial charge is 0.379 e. The molecule has 0 aliphatic carbocycles. The Morgan fingerprint density at radius 1 is 1.16 bits per heavy atom. The summed E-state index contributed by atoms with van der Waals surface area (Å²) in [6.07, 6.45) is 0.939. The third-order valence-corrected chi connectivity index (χ3v) is 5.92. The maximum Gasteiger partial charge on any atom is 0.182 e. The normalized spacial score (nSPS) is 17.4. The Balaban J connectivity index is 1.45. The SMILES string of the molecule is O=C(Cc1ccc(F)c(Cl)c1)c1cc(F)c(F)c2c1CC(=NCCCN1CCOCC1)N2. The second-order valence-corrected chi connectivity index (χ2v) is 8.27. The van der Waals surface area contributed by atoms with Gasteiger partial charge in [-0.1, -0.05) is 17.7 Å². The number of fused-ring (bicyclic) bond motifs is 1. The van der Waals surface area contributed by atoms with Crippen LogP contribution in [0.15, 0.2) is 29.3 Å². The topological polar surface area (TPSA) is 53.9 Å². The molecule has 2 aliphatic heterocycles. The van der Waals surface area contributed by atoms with Gasteiger partial charge in [0.25, 0.3) is 0 Å². The molecular weight excluding hydrogens is 443 g/mol. The van der Waals surface area contributed by atoms with Gasteiger partial charge in [0.15, 0.2) is 17.4 Å². The van der Waals surface area contributed by atoms with Crippen LogP contribution in [0.4, 0.5) is 18.9 Å². The van der Waals surface area contributed by atoms with Gasteiger partial charge in [-0.2, -0.15) is 0 Å². The number of hydrogen-bond acceptors (Lipinski definition) is 4. The van der Waals surface area contributed by atoms with Crippen LogP contribution in [0.5, 0.6) is 0 Å². The molecule has 0 amide bonds. The van der Waals surface area contributed by atoms with E-state index in [2.05, 4.69) is 15.2 Å². The number of ketones is 1. The molecule has 2 aromatic carbocycles. The van der Waals surface area contributed by atoms with Gasteiger partial charge in [-0.25, -0.2) is 13.2 Å². The number of benzene rings is 2. The zero-order chi connectivity index (χ0) is 22.7. The van der Waals surface area contributed by atoms with E-state index in [1.165, 1.54) is 18.2 Å². The number of Topliss-reactive ketones (excluding diaryl/α,β-unsaturated/α-hetero) is 1. The van der Waals surface area contributed by atoms with Crippen LogP contribution in [0.2, 0.25) is 5.02 Å². The lowest BCUT2D eigenvalue weighted by Crippen LogP contribution is -2.37. The lowest BCUT2D eigenvalue weighted by atomic mass is 9.96. The first-order valence-corrected chi connectivity index (χ1v) is 10.9. The first kappa shape index (κ1) is 22.8. The predicted octanol–water partition coefficient (Wildman–Crippen LogP) is 4.27. The van der Waals surface area contributed by atoms with Crippen LogP contribution in [0.3, 0.4) is 0 Å². The molecule has 170 valence electrons. The van der Waals surface area contributed by atoms with Gasteiger partial charge in [0, 0.05) is 44.6 Å². The van der Waals surface area contributed by atoms with Crippen molar-refractivity contribution in [3.05, 3.63) is 63.4 Å². The lowest BCUT2D eigenvalue weighted by molar-refractivity contribution is 0.0377. The van der Waals surface area contributed by atoms with Crippen molar-refractivity contribution in [2.24, 2.45) is 4.99 Å². The number of ether oxygens (including phenoxy) is 1. The van der Waals surface area contributed by atoms with E-state index in [9.17, 15) is 18.0 Å². The first-order chi connectivity index (χ1) is 15.4. The van der Waals surface area contributed by atoms with Crippen LogP contribution in [0.1, 0.15) is 27.9 Å². The molecule has 0 atom stereocenters. The molecule has 2 heterocycles. The number of nitrogens with zero attached hydrogens (tertiary/aromatic N) is 2. The number of rotatable bonds is 7. The van der Waals surface area contributed by atoms with Crippen molar-refractivity contribution in [2.45, 2.75) is 19.3 Å². The van der Waals surface area contributed by atoms with Gasteiger partial charge in [-0.15, -0.1) is 0 Å². The minimum atomic E-state index is -1.11. The Kier molecular flexibility index (Phi) is 7.13. The highest BCUT2D eigenvalue weighted by Crippen LogP contribution is 2.33. The molecule has 4 rings (SSSR count). The molecule has 1 N–H and O–H groups in total. The number of morpholine rings is 1. The van der Waals surface area contributed by atoms with Crippen molar-refractivity contribution < 1.29 is 22.7 Å². The van der Waals surface area contributed by atoms with Gasteiger partial charge in [0.1, 0.15) is 11.7 Å². The van der Waals surface area contributed by atoms with Crippen molar-refractivity contribution in [1.82, 2.24) is 4.90 Å². The second kappa shape index (κ2) is 10.0. The van der Waals surface area contributed by atoms with Crippen molar-refractivity contribution in [1.29, 1.82) is 0 Å². The summed E-state index contributed by atoms with van der Waals surface area (Å²) in [7, 11) is 0. The monoisotopic (exact) mass is 465 g/mol. The number of halogens is 4. The van der Waals surface area contributed by atoms with Crippen molar-refractivity contribution in [3.8, 4) is 0 Å². The molecule has 2 aromatic rings. The number of aliphatic imine (C=N–C) groups is 1. The fraction of sp³-hybridized carbons (Fsp3) is 0.391. The van der Waals surface area contributed by atoms with Crippen molar-refractivity contribution in [3.63, 3.8) is 0 Å². The molecular formula is C23H23ClF3N3O2. The molecule has 1 saturated heterocycles. The highest BCUT2D eigenvalue weighted by molar-refractivity contribution is 6.30. The Hall–Kier alpha value is -2.42. The number of carbonyl (C=O) groups is 1. The van der Waals surface area contributed by atoms with E-state index in [0.717, 1.165) is 45.3 Å². The minimum absolute atomic E-state index is 0.0441. The van der Waals surface area contributed by atoms with Crippen molar-refractivity contribution in [2.75, 3.05) is 44.7 Å². The smallest absolute Gasteiger partial charge is 0.182 e. The van der Waals surface area contributed by atoms with Crippen LogP contribution in [-0.2, 0) is 17.6 Å². The molecule has 1 fully saturated rings. The molecule has 0 radical (unpaired) electrons. The predicted molar refractivity (Wildman–Crippen MR) is 117 cm³/mol. The van der Waals surface area contributed by atoms with Crippen LogP contribution < -0.4 is 5.32 Å². The van der Waals surface area contributed by atoms with Gasteiger partial charge in [-0.3, -0.25) is 14.7 Å². The quantitative estimate of drug-likeness (QED) is 0.490. The molecule has 0 spiro atoms. The van der Waals surface area contributed by atoms with Gasteiger partial charge >= 0.3 is 0 Å². The number of anilines is 1. The summed E-state index contributed by atoms with van der Waals surface area (Å²) in [6, 6.07) is 4.89. The molecule has 9 heteroatoms. The molecule has 0 unspecified atom stereocenters. The Morgan fingerprint density at radius 3 is 2.69 bits per heavy atom. The fourth-order valence-corrected chi connectivity index (χ4v) is 4.14. The van der Waals surface area contributed by atoms with Crippen LogP contribution in [0.25, 0.3) is 0 Å². The summed E-state index contributed by atoms with van der Waals surface area (Å²) in [4.78, 5) is 19.7. The molecule has 2 aliphatic rings. The highest BCUT2D eigenvalue weighted by Gasteiger charge is 2.28. The first-order valence-electron chi connectivity index (χ1n) is 10.5.